The monoisotopic (exact) mass is 315 g/mol. The highest BCUT2D eigenvalue weighted by Crippen LogP contribution is 2.25. The molecule has 1 aliphatic rings. The first-order valence-corrected chi connectivity index (χ1v) is 7.60. The Hall–Kier alpha value is -2.56. The molecule has 0 unspecified atom stereocenters. The van der Waals surface area contributed by atoms with E-state index in [-0.39, 0.29) is 18.3 Å². The topological polar surface area (TPSA) is 47.6 Å². The van der Waals surface area contributed by atoms with Crippen molar-refractivity contribution in [2.75, 3.05) is 13.2 Å². The number of rotatable bonds is 5. The fraction of sp³-hybridized carbons (Fsp3) is 0.278. The number of nitrogens with one attached hydrogen (secondary N) is 1. The van der Waals surface area contributed by atoms with Gasteiger partial charge in [0.15, 0.2) is 6.61 Å². The average molecular weight is 315 g/mol. The Balaban J connectivity index is 1.49. The Morgan fingerprint density at radius 3 is 3.04 bits per heavy atom. The third-order valence-electron chi connectivity index (χ3n) is 3.63. The Labute approximate surface area is 134 Å². The molecule has 0 atom stereocenters. The molecule has 0 bridgehead atoms. The third kappa shape index (κ3) is 4.22. The lowest BCUT2D eigenvalue weighted by Gasteiger charge is -2.18. The minimum atomic E-state index is -0.390. The van der Waals surface area contributed by atoms with Crippen molar-refractivity contribution in [2.24, 2.45) is 0 Å². The SMILES string of the molecule is O=C(COc1cccc(F)c1)NCc1ccc2c(c1)CCCO2. The molecule has 0 aliphatic carbocycles. The van der Waals surface area contributed by atoms with Gasteiger partial charge < -0.3 is 14.8 Å². The van der Waals surface area contributed by atoms with Gasteiger partial charge in [0, 0.05) is 12.6 Å². The quantitative estimate of drug-likeness (QED) is 0.923. The lowest BCUT2D eigenvalue weighted by atomic mass is 10.0. The van der Waals surface area contributed by atoms with E-state index < -0.39 is 0 Å². The highest BCUT2D eigenvalue weighted by molar-refractivity contribution is 5.77. The lowest BCUT2D eigenvalue weighted by molar-refractivity contribution is -0.123. The van der Waals surface area contributed by atoms with Crippen LogP contribution in [0.2, 0.25) is 0 Å². The van der Waals surface area contributed by atoms with Gasteiger partial charge >= 0.3 is 0 Å². The molecule has 2 aromatic carbocycles. The van der Waals surface area contributed by atoms with E-state index in [0.717, 1.165) is 30.8 Å². The Bertz CT molecular complexity index is 702. The summed E-state index contributed by atoms with van der Waals surface area (Å²) in [6.45, 7) is 1.05. The highest BCUT2D eigenvalue weighted by Gasteiger charge is 2.11. The van der Waals surface area contributed by atoms with Crippen LogP contribution >= 0.6 is 0 Å². The first kappa shape index (κ1) is 15.3. The van der Waals surface area contributed by atoms with Crippen LogP contribution in [0.4, 0.5) is 4.39 Å². The summed E-state index contributed by atoms with van der Waals surface area (Å²) in [7, 11) is 0. The van der Waals surface area contributed by atoms with E-state index in [0.29, 0.717) is 12.3 Å². The Kier molecular flexibility index (Phi) is 4.76. The van der Waals surface area contributed by atoms with Gasteiger partial charge in [-0.25, -0.2) is 4.39 Å². The molecule has 1 amide bonds. The summed E-state index contributed by atoms with van der Waals surface area (Å²) in [5.41, 5.74) is 2.20. The highest BCUT2D eigenvalue weighted by atomic mass is 19.1. The maximum absolute atomic E-state index is 13.0. The predicted octanol–water partition coefficient (Wildman–Crippen LogP) is 2.85. The first-order valence-electron chi connectivity index (χ1n) is 7.60. The van der Waals surface area contributed by atoms with Crippen molar-refractivity contribution in [3.8, 4) is 11.5 Å². The van der Waals surface area contributed by atoms with Crippen molar-refractivity contribution in [3.63, 3.8) is 0 Å². The van der Waals surface area contributed by atoms with E-state index >= 15 is 0 Å². The van der Waals surface area contributed by atoms with Gasteiger partial charge in [-0.3, -0.25) is 4.79 Å². The number of hydrogen-bond acceptors (Lipinski definition) is 3. The van der Waals surface area contributed by atoms with E-state index in [1.165, 1.54) is 23.8 Å². The van der Waals surface area contributed by atoms with Crippen LogP contribution in [0.15, 0.2) is 42.5 Å². The molecule has 0 spiro atoms. The van der Waals surface area contributed by atoms with Crippen molar-refractivity contribution in [1.82, 2.24) is 5.32 Å². The van der Waals surface area contributed by atoms with Crippen molar-refractivity contribution >= 4 is 5.91 Å². The van der Waals surface area contributed by atoms with Crippen molar-refractivity contribution in [3.05, 3.63) is 59.4 Å². The van der Waals surface area contributed by atoms with Crippen LogP contribution < -0.4 is 14.8 Å². The molecule has 1 heterocycles. The number of amides is 1. The molecule has 0 fully saturated rings. The third-order valence-corrected chi connectivity index (χ3v) is 3.63. The number of benzene rings is 2. The molecular weight excluding hydrogens is 297 g/mol. The van der Waals surface area contributed by atoms with Crippen LogP contribution in [-0.4, -0.2) is 19.1 Å². The van der Waals surface area contributed by atoms with Crippen LogP contribution in [0.3, 0.4) is 0 Å². The summed E-state index contributed by atoms with van der Waals surface area (Å²) in [6, 6.07) is 11.7. The molecule has 0 saturated heterocycles. The van der Waals surface area contributed by atoms with E-state index in [9.17, 15) is 9.18 Å². The minimum absolute atomic E-state index is 0.141. The van der Waals surface area contributed by atoms with Crippen LogP contribution in [0.5, 0.6) is 11.5 Å². The zero-order valence-electron chi connectivity index (χ0n) is 12.7. The molecule has 4 nitrogen and oxygen atoms in total. The molecule has 0 radical (unpaired) electrons. The smallest absolute Gasteiger partial charge is 0.258 e. The summed E-state index contributed by atoms with van der Waals surface area (Å²) in [5, 5.41) is 2.79. The number of halogens is 1. The van der Waals surface area contributed by atoms with Gasteiger partial charge in [-0.05, 0) is 42.2 Å². The van der Waals surface area contributed by atoms with Gasteiger partial charge in [0.05, 0.1) is 6.61 Å². The van der Waals surface area contributed by atoms with E-state index in [1.807, 2.05) is 12.1 Å². The van der Waals surface area contributed by atoms with Gasteiger partial charge in [0.25, 0.3) is 5.91 Å². The first-order chi connectivity index (χ1) is 11.2. The van der Waals surface area contributed by atoms with Crippen molar-refractivity contribution < 1.29 is 18.7 Å². The molecule has 120 valence electrons. The van der Waals surface area contributed by atoms with E-state index in [1.54, 1.807) is 6.07 Å². The van der Waals surface area contributed by atoms with Gasteiger partial charge in [-0.2, -0.15) is 0 Å². The van der Waals surface area contributed by atoms with Crippen molar-refractivity contribution in [2.45, 2.75) is 19.4 Å². The minimum Gasteiger partial charge on any atom is -0.493 e. The Morgan fingerprint density at radius 1 is 1.26 bits per heavy atom. The van der Waals surface area contributed by atoms with E-state index in [2.05, 4.69) is 11.4 Å². The van der Waals surface area contributed by atoms with Crippen LogP contribution in [0.25, 0.3) is 0 Å². The predicted molar refractivity (Wildman–Crippen MR) is 84.0 cm³/mol. The molecule has 1 aliphatic heterocycles. The number of hydrogen-bond donors (Lipinski definition) is 1. The fourth-order valence-electron chi connectivity index (χ4n) is 2.48. The average Bonchev–Trinajstić information content (AvgIpc) is 2.58. The summed E-state index contributed by atoms with van der Waals surface area (Å²) in [5.74, 6) is 0.634. The summed E-state index contributed by atoms with van der Waals surface area (Å²) >= 11 is 0. The molecule has 1 N–H and O–H groups in total. The molecule has 5 heteroatoms. The van der Waals surface area contributed by atoms with Gasteiger partial charge in [0.1, 0.15) is 17.3 Å². The molecule has 0 aromatic heterocycles. The summed E-state index contributed by atoms with van der Waals surface area (Å²) < 4.78 is 23.8. The normalized spacial score (nSPS) is 12.9. The molecule has 23 heavy (non-hydrogen) atoms. The second kappa shape index (κ2) is 7.13. The Morgan fingerprint density at radius 2 is 2.17 bits per heavy atom. The van der Waals surface area contributed by atoms with E-state index in [4.69, 9.17) is 9.47 Å². The number of carbonyl (C=O) groups is 1. The summed E-state index contributed by atoms with van der Waals surface area (Å²) in [6.07, 6.45) is 2.02. The number of fused-ring (bicyclic) bond motifs is 1. The maximum atomic E-state index is 13.0. The number of carbonyl (C=O) groups excluding carboxylic acids is 1. The largest absolute Gasteiger partial charge is 0.493 e. The second-order valence-corrected chi connectivity index (χ2v) is 5.42. The fourth-order valence-corrected chi connectivity index (χ4v) is 2.48. The van der Waals surface area contributed by atoms with Crippen molar-refractivity contribution in [1.29, 1.82) is 0 Å². The standard InChI is InChI=1S/C18H18FNO3/c19-15-4-1-5-16(10-15)23-12-18(21)20-11-13-6-7-17-14(9-13)3-2-8-22-17/h1,4-7,9-10H,2-3,8,11-12H2,(H,20,21). The van der Waals surface area contributed by atoms with Gasteiger partial charge in [0.2, 0.25) is 0 Å². The zero-order chi connectivity index (χ0) is 16.1. The number of aryl methyl sites for hydroxylation is 1. The zero-order valence-corrected chi connectivity index (χ0v) is 12.7. The van der Waals surface area contributed by atoms with Crippen LogP contribution in [0.1, 0.15) is 17.5 Å². The molecular formula is C18H18FNO3. The molecule has 2 aromatic rings. The lowest BCUT2D eigenvalue weighted by Crippen LogP contribution is -2.28. The van der Waals surface area contributed by atoms with Gasteiger partial charge in [-0.15, -0.1) is 0 Å². The summed E-state index contributed by atoms with van der Waals surface area (Å²) in [4.78, 5) is 11.8. The van der Waals surface area contributed by atoms with Crippen LogP contribution in [0, 0.1) is 5.82 Å². The molecule has 0 saturated carbocycles. The second-order valence-electron chi connectivity index (χ2n) is 5.42. The molecule has 3 rings (SSSR count). The maximum Gasteiger partial charge on any atom is 0.258 e. The number of ether oxygens (including phenoxy) is 2. The van der Waals surface area contributed by atoms with Gasteiger partial charge in [-0.1, -0.05) is 18.2 Å². The van der Waals surface area contributed by atoms with Crippen LogP contribution in [-0.2, 0) is 17.8 Å².